The van der Waals surface area contributed by atoms with Crippen LogP contribution in [-0.4, -0.2) is 23.6 Å². The van der Waals surface area contributed by atoms with Crippen LogP contribution in [0.15, 0.2) is 12.4 Å². The van der Waals surface area contributed by atoms with E-state index in [0.29, 0.717) is 19.0 Å². The van der Waals surface area contributed by atoms with E-state index in [2.05, 4.69) is 36.1 Å². The van der Waals surface area contributed by atoms with Crippen molar-refractivity contribution >= 4 is 0 Å². The van der Waals surface area contributed by atoms with E-state index in [0.717, 1.165) is 12.1 Å². The van der Waals surface area contributed by atoms with Gasteiger partial charge in [-0.25, -0.2) is 4.98 Å². The standard InChI is InChI=1S/C12H21N3O/c1-12(2,3)5-6-16-11-9-14-8-10(15-11)7-13-4/h8-9,13H,5-7H2,1-4H3. The van der Waals surface area contributed by atoms with Gasteiger partial charge in [-0.05, 0) is 18.9 Å². The lowest BCUT2D eigenvalue weighted by Gasteiger charge is -2.17. The predicted octanol–water partition coefficient (Wildman–Crippen LogP) is 2.01. The maximum Gasteiger partial charge on any atom is 0.232 e. The van der Waals surface area contributed by atoms with Crippen LogP contribution in [0.1, 0.15) is 32.9 Å². The van der Waals surface area contributed by atoms with Gasteiger partial charge in [-0.3, -0.25) is 4.98 Å². The van der Waals surface area contributed by atoms with Crippen molar-refractivity contribution in [3.63, 3.8) is 0 Å². The van der Waals surface area contributed by atoms with Gasteiger partial charge in [0.05, 0.1) is 18.5 Å². The minimum absolute atomic E-state index is 0.288. The molecule has 0 aromatic carbocycles. The highest BCUT2D eigenvalue weighted by atomic mass is 16.5. The topological polar surface area (TPSA) is 47.0 Å². The third-order valence-corrected chi connectivity index (χ3v) is 2.12. The molecule has 0 aliphatic heterocycles. The quantitative estimate of drug-likeness (QED) is 0.829. The van der Waals surface area contributed by atoms with Gasteiger partial charge in [0.2, 0.25) is 5.88 Å². The van der Waals surface area contributed by atoms with Crippen molar-refractivity contribution < 1.29 is 4.74 Å². The van der Waals surface area contributed by atoms with Gasteiger partial charge in [0.15, 0.2) is 0 Å². The number of nitrogens with one attached hydrogen (secondary N) is 1. The Morgan fingerprint density at radius 3 is 2.69 bits per heavy atom. The van der Waals surface area contributed by atoms with E-state index in [4.69, 9.17) is 4.74 Å². The van der Waals surface area contributed by atoms with Gasteiger partial charge in [0.1, 0.15) is 0 Å². The van der Waals surface area contributed by atoms with Crippen LogP contribution in [0.25, 0.3) is 0 Å². The molecule has 0 aliphatic carbocycles. The highest BCUT2D eigenvalue weighted by molar-refractivity contribution is 5.08. The fourth-order valence-corrected chi connectivity index (χ4v) is 1.18. The summed E-state index contributed by atoms with van der Waals surface area (Å²) in [4.78, 5) is 8.43. The van der Waals surface area contributed by atoms with Crippen molar-refractivity contribution in [1.29, 1.82) is 0 Å². The molecule has 90 valence electrons. The number of hydrogen-bond acceptors (Lipinski definition) is 4. The molecule has 1 aromatic rings. The van der Waals surface area contributed by atoms with Crippen LogP contribution in [0.2, 0.25) is 0 Å². The number of hydrogen-bond donors (Lipinski definition) is 1. The Kier molecular flexibility index (Phi) is 4.68. The van der Waals surface area contributed by atoms with Crippen molar-refractivity contribution in [2.24, 2.45) is 5.41 Å². The molecule has 1 N–H and O–H groups in total. The summed E-state index contributed by atoms with van der Waals surface area (Å²) in [6.07, 6.45) is 4.40. The molecule has 1 rings (SSSR count). The van der Waals surface area contributed by atoms with E-state index in [9.17, 15) is 0 Å². The Morgan fingerprint density at radius 2 is 2.06 bits per heavy atom. The lowest BCUT2D eigenvalue weighted by molar-refractivity contribution is 0.235. The number of rotatable bonds is 5. The van der Waals surface area contributed by atoms with E-state index >= 15 is 0 Å². The van der Waals surface area contributed by atoms with E-state index in [1.165, 1.54) is 0 Å². The molecule has 0 aliphatic rings. The number of ether oxygens (including phenoxy) is 1. The van der Waals surface area contributed by atoms with Crippen LogP contribution in [0, 0.1) is 5.41 Å². The van der Waals surface area contributed by atoms with Gasteiger partial charge < -0.3 is 10.1 Å². The first-order valence-electron chi connectivity index (χ1n) is 5.59. The highest BCUT2D eigenvalue weighted by Gasteiger charge is 2.10. The van der Waals surface area contributed by atoms with Gasteiger partial charge in [-0.1, -0.05) is 20.8 Å². The smallest absolute Gasteiger partial charge is 0.232 e. The molecule has 0 bridgehead atoms. The number of nitrogens with zero attached hydrogens (tertiary/aromatic N) is 2. The lowest BCUT2D eigenvalue weighted by Crippen LogP contribution is -2.12. The Hall–Kier alpha value is -1.16. The molecule has 1 heterocycles. The first-order chi connectivity index (χ1) is 7.51. The molecule has 0 unspecified atom stereocenters. The van der Waals surface area contributed by atoms with Crippen LogP contribution < -0.4 is 10.1 Å². The molecule has 16 heavy (non-hydrogen) atoms. The summed E-state index contributed by atoms with van der Waals surface area (Å²) in [6, 6.07) is 0. The molecule has 4 heteroatoms. The maximum atomic E-state index is 5.57. The van der Waals surface area contributed by atoms with Crippen LogP contribution in [0.3, 0.4) is 0 Å². The Balaban J connectivity index is 2.44. The van der Waals surface area contributed by atoms with Crippen molar-refractivity contribution in [3.8, 4) is 5.88 Å². The third kappa shape index (κ3) is 5.07. The average molecular weight is 223 g/mol. The van der Waals surface area contributed by atoms with Gasteiger partial charge in [0, 0.05) is 12.7 Å². The van der Waals surface area contributed by atoms with E-state index in [-0.39, 0.29) is 5.41 Å². The Morgan fingerprint density at radius 1 is 1.31 bits per heavy atom. The van der Waals surface area contributed by atoms with Crippen LogP contribution >= 0.6 is 0 Å². The number of aromatic nitrogens is 2. The second kappa shape index (κ2) is 5.80. The van der Waals surface area contributed by atoms with E-state index in [1.54, 1.807) is 12.4 Å². The zero-order valence-electron chi connectivity index (χ0n) is 10.6. The van der Waals surface area contributed by atoms with Crippen LogP contribution in [0.4, 0.5) is 0 Å². The van der Waals surface area contributed by atoms with Gasteiger partial charge in [0.25, 0.3) is 0 Å². The Labute approximate surface area is 97.5 Å². The first-order valence-corrected chi connectivity index (χ1v) is 5.59. The minimum atomic E-state index is 0.288. The third-order valence-electron chi connectivity index (χ3n) is 2.12. The maximum absolute atomic E-state index is 5.57. The predicted molar refractivity (Wildman–Crippen MR) is 64.4 cm³/mol. The summed E-state index contributed by atoms with van der Waals surface area (Å²) in [5.74, 6) is 0.608. The highest BCUT2D eigenvalue weighted by Crippen LogP contribution is 2.18. The summed E-state index contributed by atoms with van der Waals surface area (Å²) < 4.78 is 5.57. The van der Waals surface area contributed by atoms with E-state index < -0.39 is 0 Å². The normalized spacial score (nSPS) is 11.5. The molecule has 1 aromatic heterocycles. The molecular weight excluding hydrogens is 202 g/mol. The second-order valence-electron chi connectivity index (χ2n) is 5.04. The minimum Gasteiger partial charge on any atom is -0.477 e. The fourth-order valence-electron chi connectivity index (χ4n) is 1.18. The van der Waals surface area contributed by atoms with Crippen LogP contribution in [0.5, 0.6) is 5.88 Å². The largest absolute Gasteiger partial charge is 0.477 e. The van der Waals surface area contributed by atoms with Crippen molar-refractivity contribution in [2.75, 3.05) is 13.7 Å². The monoisotopic (exact) mass is 223 g/mol. The summed E-state index contributed by atoms with van der Waals surface area (Å²) >= 11 is 0. The molecule has 0 atom stereocenters. The van der Waals surface area contributed by atoms with Crippen molar-refractivity contribution in [3.05, 3.63) is 18.1 Å². The summed E-state index contributed by atoms with van der Waals surface area (Å²) in [5, 5.41) is 3.03. The molecule has 0 amide bonds. The molecule has 0 spiro atoms. The second-order valence-corrected chi connectivity index (χ2v) is 5.04. The fraction of sp³-hybridized carbons (Fsp3) is 0.667. The Bertz CT molecular complexity index is 320. The average Bonchev–Trinajstić information content (AvgIpc) is 2.17. The van der Waals surface area contributed by atoms with E-state index in [1.807, 2.05) is 7.05 Å². The zero-order chi connectivity index (χ0) is 12.0. The molecule has 0 radical (unpaired) electrons. The van der Waals surface area contributed by atoms with Crippen molar-refractivity contribution in [1.82, 2.24) is 15.3 Å². The van der Waals surface area contributed by atoms with Crippen molar-refractivity contribution in [2.45, 2.75) is 33.7 Å². The molecule has 4 nitrogen and oxygen atoms in total. The summed E-state index contributed by atoms with van der Waals surface area (Å²) in [7, 11) is 1.88. The molecule has 0 fully saturated rings. The molecule has 0 saturated carbocycles. The van der Waals surface area contributed by atoms with Gasteiger partial charge in [-0.2, -0.15) is 0 Å². The summed E-state index contributed by atoms with van der Waals surface area (Å²) in [5.41, 5.74) is 1.19. The van der Waals surface area contributed by atoms with Crippen LogP contribution in [-0.2, 0) is 6.54 Å². The van der Waals surface area contributed by atoms with Gasteiger partial charge >= 0.3 is 0 Å². The molecule has 0 saturated heterocycles. The zero-order valence-corrected chi connectivity index (χ0v) is 10.6. The van der Waals surface area contributed by atoms with Gasteiger partial charge in [-0.15, -0.1) is 0 Å². The molecular formula is C12H21N3O. The summed E-state index contributed by atoms with van der Waals surface area (Å²) in [6.45, 7) is 7.98. The lowest BCUT2D eigenvalue weighted by atomic mass is 9.93. The SMILES string of the molecule is CNCc1cncc(OCCC(C)(C)C)n1. The first kappa shape index (κ1) is 12.9.